The Labute approximate surface area is 161 Å². The van der Waals surface area contributed by atoms with Crippen LogP contribution in [0, 0.1) is 0 Å². The maximum Gasteiger partial charge on any atom is 0.338 e. The van der Waals surface area contributed by atoms with Crippen molar-refractivity contribution < 1.29 is 28.5 Å². The molecule has 1 aromatic rings. The maximum atomic E-state index is 12.4. The van der Waals surface area contributed by atoms with Crippen LogP contribution in [0.2, 0.25) is 0 Å². The lowest BCUT2D eigenvalue weighted by Crippen LogP contribution is -2.35. The zero-order chi connectivity index (χ0) is 20.2. The fraction of sp³-hybridized carbons (Fsp3) is 0.600. The van der Waals surface area contributed by atoms with E-state index in [1.807, 2.05) is 34.6 Å². The molecule has 1 rings (SSSR count). The van der Waals surface area contributed by atoms with Crippen LogP contribution < -0.4 is 19.5 Å². The van der Waals surface area contributed by atoms with Crippen molar-refractivity contribution in [1.29, 1.82) is 0 Å². The van der Waals surface area contributed by atoms with Gasteiger partial charge in [-0.25, -0.2) is 4.79 Å². The first-order valence-electron chi connectivity index (χ1n) is 9.49. The first-order valence-corrected chi connectivity index (χ1v) is 9.49. The smallest absolute Gasteiger partial charge is 0.338 e. The molecule has 0 aliphatic carbocycles. The second kappa shape index (κ2) is 12.0. The van der Waals surface area contributed by atoms with Gasteiger partial charge in [-0.15, -0.1) is 0 Å². The van der Waals surface area contributed by atoms with Crippen molar-refractivity contribution in [3.8, 4) is 17.2 Å². The molecule has 1 aromatic carbocycles. The Bertz CT molecular complexity index is 589. The lowest BCUT2D eigenvalue weighted by atomic mass is 10.2. The number of esters is 1. The van der Waals surface area contributed by atoms with Crippen LogP contribution in [0.1, 0.15) is 57.8 Å². The summed E-state index contributed by atoms with van der Waals surface area (Å²) in [4.78, 5) is 24.3. The lowest BCUT2D eigenvalue weighted by molar-refractivity contribution is -0.124. The molecule has 0 aliphatic rings. The Morgan fingerprint density at radius 2 is 1.52 bits per heavy atom. The molecular weight excluding hydrogens is 350 g/mol. The highest BCUT2D eigenvalue weighted by atomic mass is 16.5. The highest BCUT2D eigenvalue weighted by Gasteiger charge is 2.20. The topological polar surface area (TPSA) is 83.1 Å². The summed E-state index contributed by atoms with van der Waals surface area (Å²) in [6.07, 6.45) is 1.84. The van der Waals surface area contributed by atoms with Gasteiger partial charge in [-0.1, -0.05) is 13.3 Å². The molecule has 0 bridgehead atoms. The number of hydrogen-bond donors (Lipinski definition) is 1. The normalized spacial score (nSPS) is 11.4. The molecule has 0 saturated carbocycles. The molecule has 27 heavy (non-hydrogen) atoms. The molecule has 1 amide bonds. The summed E-state index contributed by atoms with van der Waals surface area (Å²) in [5, 5.41) is 2.79. The Morgan fingerprint density at radius 1 is 0.963 bits per heavy atom. The van der Waals surface area contributed by atoms with E-state index in [0.717, 1.165) is 12.8 Å². The minimum absolute atomic E-state index is 0.0424. The van der Waals surface area contributed by atoms with Crippen molar-refractivity contribution in [3.63, 3.8) is 0 Å². The molecular formula is C20H31NO6. The van der Waals surface area contributed by atoms with Gasteiger partial charge in [-0.2, -0.15) is 0 Å². The van der Waals surface area contributed by atoms with Crippen molar-refractivity contribution in [1.82, 2.24) is 5.32 Å². The third-order valence-electron chi connectivity index (χ3n) is 3.61. The molecule has 7 nitrogen and oxygen atoms in total. The predicted octanol–water partition coefficient (Wildman–Crippen LogP) is 3.34. The molecule has 0 saturated heterocycles. The van der Waals surface area contributed by atoms with Crippen LogP contribution in [0.5, 0.6) is 17.2 Å². The molecule has 1 atom stereocenters. The summed E-state index contributed by atoms with van der Waals surface area (Å²) in [6, 6.07) is 3.12. The van der Waals surface area contributed by atoms with Crippen LogP contribution in [0.4, 0.5) is 0 Å². The van der Waals surface area contributed by atoms with Gasteiger partial charge in [-0.05, 0) is 46.2 Å². The van der Waals surface area contributed by atoms with Crippen LogP contribution in [0.3, 0.4) is 0 Å². The minimum Gasteiger partial charge on any atom is -0.490 e. The van der Waals surface area contributed by atoms with Gasteiger partial charge in [0.2, 0.25) is 5.75 Å². The van der Waals surface area contributed by atoms with Gasteiger partial charge >= 0.3 is 5.97 Å². The summed E-state index contributed by atoms with van der Waals surface area (Å²) < 4.78 is 21.9. The minimum atomic E-state index is -0.627. The van der Waals surface area contributed by atoms with Crippen LogP contribution >= 0.6 is 0 Å². The zero-order valence-corrected chi connectivity index (χ0v) is 16.9. The van der Waals surface area contributed by atoms with Gasteiger partial charge in [0.15, 0.2) is 18.1 Å². The third-order valence-corrected chi connectivity index (χ3v) is 3.61. The third kappa shape index (κ3) is 7.37. The number of carbonyl (C=O) groups is 2. The van der Waals surface area contributed by atoms with E-state index in [-0.39, 0.29) is 24.1 Å². The van der Waals surface area contributed by atoms with E-state index in [4.69, 9.17) is 18.9 Å². The highest BCUT2D eigenvalue weighted by Crippen LogP contribution is 2.39. The SMILES string of the molecule is CCCC(C)NC(=O)COC(=O)c1cc(OCC)c(OCC)c(OCC)c1. The number of nitrogens with one attached hydrogen (secondary N) is 1. The monoisotopic (exact) mass is 381 g/mol. The molecule has 1 unspecified atom stereocenters. The van der Waals surface area contributed by atoms with E-state index in [0.29, 0.717) is 37.1 Å². The van der Waals surface area contributed by atoms with Crippen LogP contribution in [0.15, 0.2) is 12.1 Å². The molecule has 0 fully saturated rings. The van der Waals surface area contributed by atoms with E-state index in [1.54, 1.807) is 0 Å². The quantitative estimate of drug-likeness (QED) is 0.559. The highest BCUT2D eigenvalue weighted by molar-refractivity contribution is 5.92. The fourth-order valence-corrected chi connectivity index (χ4v) is 2.54. The van der Waals surface area contributed by atoms with Gasteiger partial charge in [0.1, 0.15) is 0 Å². The Balaban J connectivity index is 2.90. The average Bonchev–Trinajstić information content (AvgIpc) is 2.62. The molecule has 0 spiro atoms. The van der Waals surface area contributed by atoms with Crippen molar-refractivity contribution in [2.45, 2.75) is 53.5 Å². The van der Waals surface area contributed by atoms with Crippen molar-refractivity contribution in [2.75, 3.05) is 26.4 Å². The Hall–Kier alpha value is -2.44. The fourth-order valence-electron chi connectivity index (χ4n) is 2.54. The van der Waals surface area contributed by atoms with Crippen molar-refractivity contribution in [3.05, 3.63) is 17.7 Å². The number of carbonyl (C=O) groups excluding carboxylic acids is 2. The molecule has 0 aliphatic heterocycles. The van der Waals surface area contributed by atoms with E-state index in [1.165, 1.54) is 12.1 Å². The van der Waals surface area contributed by atoms with Crippen LogP contribution in [-0.4, -0.2) is 44.3 Å². The zero-order valence-electron chi connectivity index (χ0n) is 16.9. The van der Waals surface area contributed by atoms with E-state index in [2.05, 4.69) is 5.32 Å². The molecule has 0 heterocycles. The predicted molar refractivity (Wildman–Crippen MR) is 103 cm³/mol. The number of amides is 1. The first kappa shape index (κ1) is 22.6. The first-order chi connectivity index (χ1) is 13.0. The Morgan fingerprint density at radius 3 is 2.00 bits per heavy atom. The summed E-state index contributed by atoms with van der Waals surface area (Å²) in [7, 11) is 0. The average molecular weight is 381 g/mol. The van der Waals surface area contributed by atoms with Gasteiger partial charge in [0, 0.05) is 6.04 Å². The number of hydrogen-bond acceptors (Lipinski definition) is 6. The summed E-state index contributed by atoms with van der Waals surface area (Å²) >= 11 is 0. The van der Waals surface area contributed by atoms with E-state index in [9.17, 15) is 9.59 Å². The van der Waals surface area contributed by atoms with E-state index >= 15 is 0 Å². The second-order valence-electron chi connectivity index (χ2n) is 5.93. The van der Waals surface area contributed by atoms with E-state index < -0.39 is 5.97 Å². The van der Waals surface area contributed by atoms with Crippen molar-refractivity contribution in [2.24, 2.45) is 0 Å². The summed E-state index contributed by atoms with van der Waals surface area (Å²) in [5.41, 5.74) is 0.236. The number of benzene rings is 1. The molecule has 0 radical (unpaired) electrons. The van der Waals surface area contributed by atoms with Crippen LogP contribution in [-0.2, 0) is 9.53 Å². The van der Waals surface area contributed by atoms with Crippen molar-refractivity contribution >= 4 is 11.9 Å². The molecule has 0 aromatic heterocycles. The van der Waals surface area contributed by atoms with Gasteiger partial charge in [0.05, 0.1) is 25.4 Å². The van der Waals surface area contributed by atoms with Crippen LogP contribution in [0.25, 0.3) is 0 Å². The largest absolute Gasteiger partial charge is 0.490 e. The van der Waals surface area contributed by atoms with Gasteiger partial charge in [-0.3, -0.25) is 4.79 Å². The maximum absolute atomic E-state index is 12.4. The molecule has 1 N–H and O–H groups in total. The second-order valence-corrected chi connectivity index (χ2v) is 5.93. The van der Waals surface area contributed by atoms with Gasteiger partial charge < -0.3 is 24.3 Å². The Kier molecular flexibility index (Phi) is 10.1. The van der Waals surface area contributed by atoms with Gasteiger partial charge in [0.25, 0.3) is 5.91 Å². The number of rotatable bonds is 12. The summed E-state index contributed by atoms with van der Waals surface area (Å²) in [5.74, 6) is 0.295. The molecule has 7 heteroatoms. The number of ether oxygens (including phenoxy) is 4. The standard InChI is InChI=1S/C20H31NO6/c1-6-10-14(5)21-18(22)13-27-20(23)15-11-16(24-7-2)19(26-9-4)17(12-15)25-8-3/h11-12,14H,6-10,13H2,1-5H3,(H,21,22). The lowest BCUT2D eigenvalue weighted by Gasteiger charge is -2.17. The summed E-state index contributed by atoms with van der Waals surface area (Å²) in [6.45, 7) is 10.4. The molecule has 152 valence electrons.